The molecule has 0 unspecified atom stereocenters. The Morgan fingerprint density at radius 2 is 1.82 bits per heavy atom. The number of aromatic nitrogens is 1. The molecule has 0 radical (unpaired) electrons. The van der Waals surface area contributed by atoms with Crippen LogP contribution in [0.3, 0.4) is 0 Å². The summed E-state index contributed by atoms with van der Waals surface area (Å²) in [4.78, 5) is 37.6. The summed E-state index contributed by atoms with van der Waals surface area (Å²) in [6.07, 6.45) is 1.97. The van der Waals surface area contributed by atoms with Crippen LogP contribution in [0.25, 0.3) is 0 Å². The fraction of sp³-hybridized carbons (Fsp3) is 0.240. The van der Waals surface area contributed by atoms with Crippen molar-refractivity contribution in [3.05, 3.63) is 77.4 Å². The third-order valence-electron chi connectivity index (χ3n) is 5.96. The molecule has 6 nitrogen and oxygen atoms in total. The summed E-state index contributed by atoms with van der Waals surface area (Å²) >= 11 is 7.61. The number of hydrogen-bond donors (Lipinski definition) is 0. The van der Waals surface area contributed by atoms with Crippen molar-refractivity contribution in [3.8, 4) is 0 Å². The van der Waals surface area contributed by atoms with Gasteiger partial charge >= 0.3 is 0 Å². The second kappa shape index (κ2) is 9.45. The predicted molar refractivity (Wildman–Crippen MR) is 131 cm³/mol. The van der Waals surface area contributed by atoms with Gasteiger partial charge < -0.3 is 14.7 Å². The molecule has 1 saturated heterocycles. The van der Waals surface area contributed by atoms with Gasteiger partial charge in [0.1, 0.15) is 5.03 Å². The molecular formula is C25H23ClN4O2S. The van der Waals surface area contributed by atoms with Crippen molar-refractivity contribution in [2.45, 2.75) is 16.3 Å². The highest BCUT2D eigenvalue weighted by Gasteiger charge is 2.29. The first-order valence-corrected chi connectivity index (χ1v) is 12.1. The van der Waals surface area contributed by atoms with Crippen molar-refractivity contribution in [2.24, 2.45) is 0 Å². The molecular weight excluding hydrogens is 456 g/mol. The number of anilines is 2. The van der Waals surface area contributed by atoms with Gasteiger partial charge in [0.25, 0.3) is 5.91 Å². The number of pyridine rings is 1. The van der Waals surface area contributed by atoms with Gasteiger partial charge in [-0.2, -0.15) is 0 Å². The maximum absolute atomic E-state index is 13.3. The van der Waals surface area contributed by atoms with Crippen LogP contribution in [0, 0.1) is 0 Å². The Hall–Kier alpha value is -3.03. The van der Waals surface area contributed by atoms with Gasteiger partial charge in [-0.3, -0.25) is 9.59 Å². The highest BCUT2D eigenvalue weighted by atomic mass is 35.5. The summed E-state index contributed by atoms with van der Waals surface area (Å²) in [5.74, 6) is -0.0524. The lowest BCUT2D eigenvalue weighted by Gasteiger charge is -2.36. The molecule has 168 valence electrons. The van der Waals surface area contributed by atoms with Crippen molar-refractivity contribution in [1.29, 1.82) is 0 Å². The number of piperazine rings is 1. The van der Waals surface area contributed by atoms with Gasteiger partial charge in [0.2, 0.25) is 5.91 Å². The van der Waals surface area contributed by atoms with E-state index < -0.39 is 0 Å². The van der Waals surface area contributed by atoms with E-state index in [1.807, 2.05) is 53.4 Å². The minimum absolute atomic E-state index is 0.0642. The molecule has 0 atom stereocenters. The zero-order valence-electron chi connectivity index (χ0n) is 18.0. The zero-order valence-corrected chi connectivity index (χ0v) is 19.6. The molecule has 0 N–H and O–H groups in total. The molecule has 2 aliphatic heterocycles. The van der Waals surface area contributed by atoms with E-state index in [9.17, 15) is 9.59 Å². The molecule has 0 bridgehead atoms. The molecule has 2 amide bonds. The molecule has 2 aliphatic rings. The lowest BCUT2D eigenvalue weighted by molar-refractivity contribution is -0.131. The number of carbonyl (C=O) groups is 2. The smallest absolute Gasteiger partial charge is 0.261 e. The van der Waals surface area contributed by atoms with E-state index in [0.717, 1.165) is 29.4 Å². The second-order valence-electron chi connectivity index (χ2n) is 7.98. The Morgan fingerprint density at radius 1 is 1.00 bits per heavy atom. The van der Waals surface area contributed by atoms with E-state index in [2.05, 4.69) is 9.88 Å². The predicted octanol–water partition coefficient (Wildman–Crippen LogP) is 4.59. The first kappa shape index (κ1) is 21.8. The highest BCUT2D eigenvalue weighted by Crippen LogP contribution is 2.40. The van der Waals surface area contributed by atoms with E-state index in [-0.39, 0.29) is 18.2 Å². The van der Waals surface area contributed by atoms with Crippen molar-refractivity contribution in [3.63, 3.8) is 0 Å². The third-order valence-corrected chi connectivity index (χ3v) is 7.28. The standard InChI is InChI=1S/C25H23ClN4O2S/c26-18-5-3-6-19(17-18)28-13-15-29(16-14-28)23(31)10-12-30-21-8-1-2-9-22(21)33-24-20(25(30)32)7-4-11-27-24/h1-9,11,17H,10,12-16H2. The molecule has 1 fully saturated rings. The van der Waals surface area contributed by atoms with E-state index in [1.165, 1.54) is 11.8 Å². The SMILES string of the molecule is O=C(CCN1C(=O)c2cccnc2Sc2ccccc21)N1CCN(c2cccc(Cl)c2)CC1. The van der Waals surface area contributed by atoms with Crippen molar-refractivity contribution < 1.29 is 9.59 Å². The van der Waals surface area contributed by atoms with Crippen LogP contribution in [-0.4, -0.2) is 54.4 Å². The van der Waals surface area contributed by atoms with Gasteiger partial charge in [-0.1, -0.05) is 41.6 Å². The molecule has 0 spiro atoms. The Bertz CT molecular complexity index is 1200. The number of carbonyl (C=O) groups excluding carboxylic acids is 2. The zero-order chi connectivity index (χ0) is 22.8. The molecule has 8 heteroatoms. The fourth-order valence-electron chi connectivity index (χ4n) is 4.23. The lowest BCUT2D eigenvalue weighted by Crippen LogP contribution is -2.49. The first-order chi connectivity index (χ1) is 16.1. The second-order valence-corrected chi connectivity index (χ2v) is 9.45. The molecule has 2 aromatic carbocycles. The van der Waals surface area contributed by atoms with Crippen LogP contribution in [0.15, 0.2) is 76.8 Å². The van der Waals surface area contributed by atoms with Crippen LogP contribution >= 0.6 is 23.4 Å². The largest absolute Gasteiger partial charge is 0.368 e. The summed E-state index contributed by atoms with van der Waals surface area (Å²) in [5.41, 5.74) is 2.47. The average molecular weight is 479 g/mol. The molecule has 5 rings (SSSR count). The number of benzene rings is 2. The summed E-state index contributed by atoms with van der Waals surface area (Å²) < 4.78 is 0. The van der Waals surface area contributed by atoms with E-state index in [0.29, 0.717) is 35.2 Å². The molecule has 0 aliphatic carbocycles. The maximum Gasteiger partial charge on any atom is 0.261 e. The molecule has 33 heavy (non-hydrogen) atoms. The van der Waals surface area contributed by atoms with Crippen LogP contribution in [0.1, 0.15) is 16.8 Å². The summed E-state index contributed by atoms with van der Waals surface area (Å²) in [7, 11) is 0. The van der Waals surface area contributed by atoms with E-state index in [1.54, 1.807) is 23.2 Å². The quantitative estimate of drug-likeness (QED) is 0.549. The van der Waals surface area contributed by atoms with Gasteiger partial charge in [0.15, 0.2) is 0 Å². The average Bonchev–Trinajstić information content (AvgIpc) is 2.96. The minimum Gasteiger partial charge on any atom is -0.368 e. The van der Waals surface area contributed by atoms with Gasteiger partial charge in [0, 0.05) is 60.9 Å². The Labute approximate surface area is 202 Å². The maximum atomic E-state index is 13.3. The fourth-order valence-corrected chi connectivity index (χ4v) is 5.44. The summed E-state index contributed by atoms with van der Waals surface area (Å²) in [6, 6.07) is 19.2. The molecule has 3 aromatic rings. The number of fused-ring (bicyclic) bond motifs is 2. The third kappa shape index (κ3) is 4.56. The summed E-state index contributed by atoms with van der Waals surface area (Å²) in [5, 5.41) is 1.41. The van der Waals surface area contributed by atoms with Crippen LogP contribution in [0.4, 0.5) is 11.4 Å². The van der Waals surface area contributed by atoms with E-state index >= 15 is 0 Å². The number of nitrogens with zero attached hydrogens (tertiary/aromatic N) is 4. The highest BCUT2D eigenvalue weighted by molar-refractivity contribution is 7.99. The minimum atomic E-state index is -0.117. The Morgan fingerprint density at radius 3 is 2.64 bits per heavy atom. The normalized spacial score (nSPS) is 15.7. The number of para-hydroxylation sites is 1. The number of amides is 2. The monoisotopic (exact) mass is 478 g/mol. The van der Waals surface area contributed by atoms with Gasteiger partial charge in [-0.25, -0.2) is 4.98 Å². The van der Waals surface area contributed by atoms with Crippen molar-refractivity contribution in [1.82, 2.24) is 9.88 Å². The number of halogens is 1. The lowest BCUT2D eigenvalue weighted by atomic mass is 10.2. The first-order valence-electron chi connectivity index (χ1n) is 10.9. The van der Waals surface area contributed by atoms with Gasteiger partial charge in [-0.15, -0.1) is 0 Å². The van der Waals surface area contributed by atoms with Crippen LogP contribution < -0.4 is 9.80 Å². The topological polar surface area (TPSA) is 56.8 Å². The molecule has 1 aromatic heterocycles. The van der Waals surface area contributed by atoms with Crippen LogP contribution in [0.2, 0.25) is 5.02 Å². The van der Waals surface area contributed by atoms with Crippen molar-refractivity contribution in [2.75, 3.05) is 42.5 Å². The van der Waals surface area contributed by atoms with Crippen LogP contribution in [-0.2, 0) is 4.79 Å². The van der Waals surface area contributed by atoms with Crippen LogP contribution in [0.5, 0.6) is 0 Å². The molecule has 3 heterocycles. The Balaban J connectivity index is 1.26. The van der Waals surface area contributed by atoms with E-state index in [4.69, 9.17) is 11.6 Å². The summed E-state index contributed by atoms with van der Waals surface area (Å²) in [6.45, 7) is 3.15. The molecule has 0 saturated carbocycles. The van der Waals surface area contributed by atoms with Gasteiger partial charge in [-0.05, 0) is 42.5 Å². The van der Waals surface area contributed by atoms with Gasteiger partial charge in [0.05, 0.1) is 11.3 Å². The number of hydrogen-bond acceptors (Lipinski definition) is 5. The number of rotatable bonds is 4. The Kier molecular flexibility index (Phi) is 6.24. The van der Waals surface area contributed by atoms with Crippen molar-refractivity contribution >= 4 is 46.6 Å².